The number of hydrogen-bond acceptors (Lipinski definition) is 4. The molecule has 0 aromatic rings. The van der Waals surface area contributed by atoms with Gasteiger partial charge in [-0.05, 0) is 32.8 Å². The molecule has 0 bridgehead atoms. The molecule has 1 fully saturated rings. The third kappa shape index (κ3) is 3.28. The Morgan fingerprint density at radius 3 is 2.27 bits per heavy atom. The summed E-state index contributed by atoms with van der Waals surface area (Å²) in [7, 11) is 0. The second-order valence-electron chi connectivity index (χ2n) is 3.58. The van der Waals surface area contributed by atoms with Crippen molar-refractivity contribution in [3.8, 4) is 0 Å². The van der Waals surface area contributed by atoms with Gasteiger partial charge in [0.05, 0.1) is 4.92 Å². The average molecular weight is 215 g/mol. The zero-order valence-corrected chi connectivity index (χ0v) is 9.14. The third-order valence-corrected chi connectivity index (χ3v) is 2.46. The Morgan fingerprint density at radius 2 is 1.93 bits per heavy atom. The Morgan fingerprint density at radius 1 is 1.40 bits per heavy atom. The normalized spacial score (nSPS) is 18.6. The fourth-order valence-electron chi connectivity index (χ4n) is 1.52. The first-order valence-corrected chi connectivity index (χ1v) is 5.20. The van der Waals surface area contributed by atoms with E-state index in [1.165, 1.54) is 0 Å². The molecule has 1 aliphatic carbocycles. The van der Waals surface area contributed by atoms with E-state index in [1.54, 1.807) is 6.08 Å². The second-order valence-corrected chi connectivity index (χ2v) is 3.58. The summed E-state index contributed by atoms with van der Waals surface area (Å²) in [6.45, 7) is 4.88. The molecule has 0 saturated heterocycles. The van der Waals surface area contributed by atoms with E-state index >= 15 is 0 Å². The molecule has 0 N–H and O–H groups in total. The zero-order chi connectivity index (χ0) is 11.3. The van der Waals surface area contributed by atoms with Crippen LogP contribution in [-0.4, -0.2) is 24.4 Å². The largest absolute Gasteiger partial charge is 0.352 e. The summed E-state index contributed by atoms with van der Waals surface area (Å²) in [5.41, 5.74) is -0.265. The Hall–Kier alpha value is -0.940. The number of ether oxygens (including phenoxy) is 2. The molecular weight excluding hydrogens is 198 g/mol. The molecule has 0 atom stereocenters. The minimum Gasteiger partial charge on any atom is -0.352 e. The highest BCUT2D eigenvalue weighted by atomic mass is 16.7. The van der Waals surface area contributed by atoms with Crippen molar-refractivity contribution in [1.29, 1.82) is 0 Å². The lowest BCUT2D eigenvalue weighted by atomic mass is 10.1. The highest BCUT2D eigenvalue weighted by Crippen LogP contribution is 2.51. The molecule has 5 nitrogen and oxygen atoms in total. The molecular formula is C10H17NO4. The van der Waals surface area contributed by atoms with Gasteiger partial charge in [-0.3, -0.25) is 10.1 Å². The maximum Gasteiger partial charge on any atom is 0.231 e. The maximum absolute atomic E-state index is 10.2. The van der Waals surface area contributed by atoms with Gasteiger partial charge in [-0.2, -0.15) is 0 Å². The average Bonchev–Trinajstić information content (AvgIpc) is 2.95. The summed E-state index contributed by atoms with van der Waals surface area (Å²) in [5, 5.41) is 10.2. The maximum atomic E-state index is 10.2. The molecule has 0 aliphatic heterocycles. The predicted octanol–water partition coefficient (Wildman–Crippen LogP) is 1.96. The summed E-state index contributed by atoms with van der Waals surface area (Å²) in [4.78, 5) is 9.80. The minimum absolute atomic E-state index is 0.265. The van der Waals surface area contributed by atoms with Gasteiger partial charge < -0.3 is 9.47 Å². The van der Waals surface area contributed by atoms with Crippen LogP contribution in [-0.2, 0) is 9.47 Å². The summed E-state index contributed by atoms with van der Waals surface area (Å²) in [5.74, 6) is 0. The Bertz CT molecular complexity index is 242. The molecule has 0 aromatic carbocycles. The van der Waals surface area contributed by atoms with Crippen molar-refractivity contribution in [3.05, 3.63) is 22.4 Å². The van der Waals surface area contributed by atoms with Crippen molar-refractivity contribution < 1.29 is 14.4 Å². The van der Waals surface area contributed by atoms with Crippen molar-refractivity contribution in [2.75, 3.05) is 13.2 Å². The van der Waals surface area contributed by atoms with Crippen LogP contribution in [0.3, 0.4) is 0 Å². The van der Waals surface area contributed by atoms with Crippen LogP contribution in [0.5, 0.6) is 0 Å². The van der Waals surface area contributed by atoms with Crippen LogP contribution in [0, 0.1) is 15.5 Å². The van der Waals surface area contributed by atoms with E-state index in [0.29, 0.717) is 13.2 Å². The third-order valence-electron chi connectivity index (χ3n) is 2.46. The number of nitro groups is 1. The fraction of sp³-hybridized carbons (Fsp3) is 0.800. The second kappa shape index (κ2) is 5.23. The summed E-state index contributed by atoms with van der Waals surface area (Å²) in [6, 6.07) is 0. The Kier molecular flexibility index (Phi) is 4.23. The van der Waals surface area contributed by atoms with E-state index in [9.17, 15) is 10.1 Å². The molecule has 0 amide bonds. The molecule has 1 rings (SSSR count). The van der Waals surface area contributed by atoms with Crippen LogP contribution < -0.4 is 0 Å². The molecule has 5 heteroatoms. The molecule has 1 saturated carbocycles. The van der Waals surface area contributed by atoms with Crippen LogP contribution in [0.15, 0.2) is 12.3 Å². The smallest absolute Gasteiger partial charge is 0.231 e. The van der Waals surface area contributed by atoms with Gasteiger partial charge in [0.25, 0.3) is 0 Å². The fourth-order valence-corrected chi connectivity index (χ4v) is 1.52. The van der Waals surface area contributed by atoms with Crippen molar-refractivity contribution in [2.24, 2.45) is 5.41 Å². The van der Waals surface area contributed by atoms with Gasteiger partial charge in [0.2, 0.25) is 6.20 Å². The van der Waals surface area contributed by atoms with Crippen molar-refractivity contribution in [3.63, 3.8) is 0 Å². The molecule has 0 heterocycles. The lowest BCUT2D eigenvalue weighted by Crippen LogP contribution is -2.27. The van der Waals surface area contributed by atoms with Crippen LogP contribution in [0.2, 0.25) is 0 Å². The monoisotopic (exact) mass is 215 g/mol. The van der Waals surface area contributed by atoms with E-state index in [1.807, 2.05) is 13.8 Å². The highest BCUT2D eigenvalue weighted by Gasteiger charge is 2.49. The number of rotatable bonds is 7. The van der Waals surface area contributed by atoms with Crippen LogP contribution >= 0.6 is 0 Å². The van der Waals surface area contributed by atoms with E-state index < -0.39 is 4.92 Å². The first-order chi connectivity index (χ1) is 7.14. The molecule has 0 spiro atoms. The highest BCUT2D eigenvalue weighted by molar-refractivity contribution is 5.09. The van der Waals surface area contributed by atoms with Crippen molar-refractivity contribution in [2.45, 2.75) is 33.0 Å². The number of hydrogen-bond donors (Lipinski definition) is 0. The van der Waals surface area contributed by atoms with Crippen LogP contribution in [0.1, 0.15) is 26.7 Å². The van der Waals surface area contributed by atoms with Gasteiger partial charge in [0, 0.05) is 18.6 Å². The number of nitrogens with zero attached hydrogens (tertiary/aromatic N) is 1. The lowest BCUT2D eigenvalue weighted by molar-refractivity contribution is -0.403. The quantitative estimate of drug-likeness (QED) is 0.370. The predicted molar refractivity (Wildman–Crippen MR) is 54.8 cm³/mol. The molecule has 86 valence electrons. The van der Waals surface area contributed by atoms with Gasteiger partial charge in [-0.1, -0.05) is 0 Å². The van der Waals surface area contributed by atoms with Crippen LogP contribution in [0.25, 0.3) is 0 Å². The molecule has 0 radical (unpaired) electrons. The van der Waals surface area contributed by atoms with E-state index in [2.05, 4.69) is 0 Å². The van der Waals surface area contributed by atoms with E-state index in [0.717, 1.165) is 19.0 Å². The topological polar surface area (TPSA) is 61.6 Å². The Labute approximate surface area is 89.2 Å². The van der Waals surface area contributed by atoms with Gasteiger partial charge in [0.1, 0.15) is 0 Å². The van der Waals surface area contributed by atoms with E-state index in [-0.39, 0.29) is 11.7 Å². The SMILES string of the molecule is CCOC(OCC)C1(/C=C/[N+](=O)[O-])CC1. The first kappa shape index (κ1) is 12.1. The molecule has 1 aliphatic rings. The van der Waals surface area contributed by atoms with Crippen molar-refractivity contribution >= 4 is 0 Å². The lowest BCUT2D eigenvalue weighted by Gasteiger charge is -2.23. The zero-order valence-electron chi connectivity index (χ0n) is 9.14. The summed E-state index contributed by atoms with van der Waals surface area (Å²) < 4.78 is 10.9. The summed E-state index contributed by atoms with van der Waals surface area (Å²) in [6.07, 6.45) is 4.02. The van der Waals surface area contributed by atoms with Crippen LogP contribution in [0.4, 0.5) is 0 Å². The standard InChI is InChI=1S/C10H17NO4/c1-3-14-9(15-4-2)10(5-6-10)7-8-11(12)13/h7-9H,3-6H2,1-2H3/b8-7+. The molecule has 0 aromatic heterocycles. The first-order valence-electron chi connectivity index (χ1n) is 5.20. The van der Waals surface area contributed by atoms with Gasteiger partial charge in [-0.25, -0.2) is 0 Å². The summed E-state index contributed by atoms with van der Waals surface area (Å²) >= 11 is 0. The van der Waals surface area contributed by atoms with Gasteiger partial charge in [0.15, 0.2) is 6.29 Å². The van der Waals surface area contributed by atoms with Gasteiger partial charge >= 0.3 is 0 Å². The molecule has 15 heavy (non-hydrogen) atoms. The van der Waals surface area contributed by atoms with E-state index in [4.69, 9.17) is 9.47 Å². The minimum atomic E-state index is -0.449. The van der Waals surface area contributed by atoms with Crippen molar-refractivity contribution in [1.82, 2.24) is 0 Å². The van der Waals surface area contributed by atoms with Gasteiger partial charge in [-0.15, -0.1) is 0 Å². The Balaban J connectivity index is 2.60. The molecule has 0 unspecified atom stereocenters.